The van der Waals surface area contributed by atoms with Crippen LogP contribution >= 0.6 is 0 Å². The lowest BCUT2D eigenvalue weighted by atomic mass is 10.1. The van der Waals surface area contributed by atoms with Crippen LogP contribution in [0.15, 0.2) is 54.7 Å². The Morgan fingerprint density at radius 2 is 1.94 bits per heavy atom. The van der Waals surface area contributed by atoms with E-state index >= 15 is 0 Å². The SMILES string of the molecule is COCCN1C(=O)C2CCCN2c2nc(NCc3ccc(NC(=O)c4ccc(F)cc4)cc3)ncc21. The molecule has 0 saturated carbocycles. The lowest BCUT2D eigenvalue weighted by molar-refractivity contribution is -0.120. The Labute approximate surface area is 208 Å². The first-order chi connectivity index (χ1) is 17.5. The zero-order chi connectivity index (χ0) is 25.1. The van der Waals surface area contributed by atoms with Gasteiger partial charge in [0.1, 0.15) is 17.5 Å². The Bertz CT molecular complexity index is 1250. The molecular weight excluding hydrogens is 463 g/mol. The third-order valence-electron chi connectivity index (χ3n) is 6.40. The molecule has 1 unspecified atom stereocenters. The van der Waals surface area contributed by atoms with Gasteiger partial charge < -0.3 is 25.2 Å². The van der Waals surface area contributed by atoms with Gasteiger partial charge >= 0.3 is 0 Å². The molecule has 2 aromatic carbocycles. The molecule has 2 N–H and O–H groups in total. The molecule has 3 heterocycles. The third kappa shape index (κ3) is 4.85. The molecule has 10 heteroatoms. The van der Waals surface area contributed by atoms with Gasteiger partial charge in [-0.15, -0.1) is 0 Å². The molecule has 2 aliphatic heterocycles. The second kappa shape index (κ2) is 10.3. The zero-order valence-corrected chi connectivity index (χ0v) is 19.9. The molecule has 0 bridgehead atoms. The summed E-state index contributed by atoms with van der Waals surface area (Å²) in [5.41, 5.74) is 2.71. The molecule has 1 atom stereocenters. The fourth-order valence-corrected chi connectivity index (χ4v) is 4.53. The Hall–Kier alpha value is -4.05. The van der Waals surface area contributed by atoms with Crippen molar-refractivity contribution in [3.05, 3.63) is 71.7 Å². The monoisotopic (exact) mass is 490 g/mol. The van der Waals surface area contributed by atoms with Crippen molar-refractivity contribution in [2.75, 3.05) is 47.2 Å². The lowest BCUT2D eigenvalue weighted by Gasteiger charge is -2.38. The van der Waals surface area contributed by atoms with Crippen molar-refractivity contribution < 1.29 is 18.7 Å². The number of halogens is 1. The highest BCUT2D eigenvalue weighted by Gasteiger charge is 2.41. The second-order valence-corrected chi connectivity index (χ2v) is 8.75. The predicted octanol–water partition coefficient (Wildman–Crippen LogP) is 3.44. The van der Waals surface area contributed by atoms with E-state index in [0.29, 0.717) is 42.6 Å². The van der Waals surface area contributed by atoms with Crippen molar-refractivity contribution in [3.8, 4) is 0 Å². The van der Waals surface area contributed by atoms with Crippen LogP contribution in [0, 0.1) is 5.82 Å². The van der Waals surface area contributed by atoms with Gasteiger partial charge in [0.25, 0.3) is 5.91 Å². The van der Waals surface area contributed by atoms with Crippen LogP contribution in [0.3, 0.4) is 0 Å². The molecule has 36 heavy (non-hydrogen) atoms. The maximum absolute atomic E-state index is 13.1. The van der Waals surface area contributed by atoms with Gasteiger partial charge in [-0.2, -0.15) is 4.98 Å². The quantitative estimate of drug-likeness (QED) is 0.499. The number of carbonyl (C=O) groups is 2. The van der Waals surface area contributed by atoms with E-state index in [1.807, 2.05) is 12.1 Å². The highest BCUT2D eigenvalue weighted by Crippen LogP contribution is 2.38. The Kier molecular flexibility index (Phi) is 6.77. The number of aromatic nitrogens is 2. The fraction of sp³-hybridized carbons (Fsp3) is 0.308. The molecule has 1 fully saturated rings. The number of carbonyl (C=O) groups excluding carboxylic acids is 2. The highest BCUT2D eigenvalue weighted by molar-refractivity contribution is 6.05. The van der Waals surface area contributed by atoms with Crippen LogP contribution in [-0.4, -0.2) is 54.6 Å². The molecular formula is C26H27FN6O3. The minimum atomic E-state index is -0.386. The number of ether oxygens (including phenoxy) is 1. The molecule has 3 aromatic rings. The van der Waals surface area contributed by atoms with Crippen molar-refractivity contribution >= 4 is 35.0 Å². The number of fused-ring (bicyclic) bond motifs is 3. The van der Waals surface area contributed by atoms with Crippen LogP contribution < -0.4 is 20.4 Å². The van der Waals surface area contributed by atoms with Gasteiger partial charge in [0.15, 0.2) is 5.82 Å². The summed E-state index contributed by atoms with van der Waals surface area (Å²) >= 11 is 0. The Morgan fingerprint density at radius 1 is 1.17 bits per heavy atom. The summed E-state index contributed by atoms with van der Waals surface area (Å²) < 4.78 is 18.3. The minimum Gasteiger partial charge on any atom is -0.383 e. The standard InChI is InChI=1S/C26H27FN6O3/c1-36-14-13-33-22-16-29-26(31-23(22)32-12-2-3-21(32)25(33)35)28-15-17-4-10-20(11-5-17)30-24(34)18-6-8-19(27)9-7-18/h4-11,16,21H,2-3,12-15H2,1H3,(H,30,34)(H,28,29,31). The van der Waals surface area contributed by atoms with E-state index in [-0.39, 0.29) is 23.7 Å². The van der Waals surface area contributed by atoms with Crippen LogP contribution in [0.1, 0.15) is 28.8 Å². The third-order valence-corrected chi connectivity index (χ3v) is 6.40. The summed E-state index contributed by atoms with van der Waals surface area (Å²) in [6.45, 7) is 2.19. The molecule has 1 saturated heterocycles. The number of benzene rings is 2. The van der Waals surface area contributed by atoms with Gasteiger partial charge in [0.2, 0.25) is 11.9 Å². The van der Waals surface area contributed by atoms with Crippen LogP contribution in [0.4, 0.5) is 27.5 Å². The lowest BCUT2D eigenvalue weighted by Crippen LogP contribution is -2.52. The van der Waals surface area contributed by atoms with Crippen LogP contribution in [0.5, 0.6) is 0 Å². The average molecular weight is 491 g/mol. The average Bonchev–Trinajstić information content (AvgIpc) is 3.39. The molecule has 2 aliphatic rings. The number of nitrogens with zero attached hydrogens (tertiary/aromatic N) is 4. The Balaban J connectivity index is 1.24. The maximum atomic E-state index is 13.1. The topological polar surface area (TPSA) is 99.7 Å². The number of hydrogen-bond donors (Lipinski definition) is 2. The summed E-state index contributed by atoms with van der Waals surface area (Å²) in [6, 6.07) is 12.6. The molecule has 186 valence electrons. The van der Waals surface area contributed by atoms with Crippen molar-refractivity contribution in [3.63, 3.8) is 0 Å². The van der Waals surface area contributed by atoms with Crippen molar-refractivity contribution in [1.29, 1.82) is 0 Å². The zero-order valence-electron chi connectivity index (χ0n) is 19.9. The number of anilines is 4. The van der Waals surface area contributed by atoms with Crippen molar-refractivity contribution in [1.82, 2.24) is 9.97 Å². The van der Waals surface area contributed by atoms with Crippen LogP contribution in [0.2, 0.25) is 0 Å². The molecule has 9 nitrogen and oxygen atoms in total. The number of amides is 2. The number of nitrogens with one attached hydrogen (secondary N) is 2. The summed E-state index contributed by atoms with van der Waals surface area (Å²) in [6.07, 6.45) is 3.46. The first-order valence-electron chi connectivity index (χ1n) is 11.9. The van der Waals surface area contributed by atoms with E-state index in [1.54, 1.807) is 30.3 Å². The van der Waals surface area contributed by atoms with E-state index in [4.69, 9.17) is 9.72 Å². The summed E-state index contributed by atoms with van der Waals surface area (Å²) in [4.78, 5) is 38.3. The molecule has 5 rings (SSSR count). The van der Waals surface area contributed by atoms with Gasteiger partial charge in [0, 0.05) is 38.0 Å². The molecule has 1 aromatic heterocycles. The normalized spacial score (nSPS) is 16.5. The van der Waals surface area contributed by atoms with E-state index < -0.39 is 0 Å². The first-order valence-corrected chi connectivity index (χ1v) is 11.9. The maximum Gasteiger partial charge on any atom is 0.255 e. The van der Waals surface area contributed by atoms with E-state index in [1.165, 1.54) is 24.3 Å². The van der Waals surface area contributed by atoms with Crippen molar-refractivity contribution in [2.24, 2.45) is 0 Å². The molecule has 0 radical (unpaired) electrons. The fourth-order valence-electron chi connectivity index (χ4n) is 4.53. The highest BCUT2D eigenvalue weighted by atomic mass is 19.1. The summed E-state index contributed by atoms with van der Waals surface area (Å²) in [7, 11) is 1.62. The number of hydrogen-bond acceptors (Lipinski definition) is 7. The smallest absolute Gasteiger partial charge is 0.255 e. The minimum absolute atomic E-state index is 0.0768. The molecule has 0 aliphatic carbocycles. The Morgan fingerprint density at radius 3 is 2.69 bits per heavy atom. The summed E-state index contributed by atoms with van der Waals surface area (Å²) in [5, 5.41) is 6.05. The van der Waals surface area contributed by atoms with Crippen molar-refractivity contribution in [2.45, 2.75) is 25.4 Å². The number of rotatable bonds is 8. The van der Waals surface area contributed by atoms with Crippen LogP contribution in [0.25, 0.3) is 0 Å². The van der Waals surface area contributed by atoms with Crippen LogP contribution in [-0.2, 0) is 16.1 Å². The van der Waals surface area contributed by atoms with E-state index in [9.17, 15) is 14.0 Å². The number of methoxy groups -OCH3 is 1. The second-order valence-electron chi connectivity index (χ2n) is 8.75. The van der Waals surface area contributed by atoms with Gasteiger partial charge in [-0.05, 0) is 54.8 Å². The summed E-state index contributed by atoms with van der Waals surface area (Å²) in [5.74, 6) is 0.636. The largest absolute Gasteiger partial charge is 0.383 e. The van der Waals surface area contributed by atoms with E-state index in [0.717, 1.165) is 30.8 Å². The van der Waals surface area contributed by atoms with Gasteiger partial charge in [-0.1, -0.05) is 12.1 Å². The molecule has 0 spiro atoms. The van der Waals surface area contributed by atoms with Gasteiger partial charge in [-0.25, -0.2) is 9.37 Å². The molecule has 2 amide bonds. The predicted molar refractivity (Wildman–Crippen MR) is 135 cm³/mol. The first kappa shape index (κ1) is 23.7. The van der Waals surface area contributed by atoms with Gasteiger partial charge in [-0.3, -0.25) is 9.59 Å². The van der Waals surface area contributed by atoms with E-state index in [2.05, 4.69) is 20.5 Å². The van der Waals surface area contributed by atoms with Gasteiger partial charge in [0.05, 0.1) is 12.8 Å².